The number of rotatable bonds is 5. The molecule has 21 heavy (non-hydrogen) atoms. The highest BCUT2D eigenvalue weighted by Crippen LogP contribution is 2.29. The van der Waals surface area contributed by atoms with Crippen molar-refractivity contribution in [3.8, 4) is 11.5 Å². The van der Waals surface area contributed by atoms with Gasteiger partial charge in [-0.15, -0.1) is 0 Å². The van der Waals surface area contributed by atoms with E-state index < -0.39 is 17.3 Å². The Bertz CT molecular complexity index is 696. The average Bonchev–Trinajstić information content (AvgIpc) is 2.40. The zero-order valence-corrected chi connectivity index (χ0v) is 11.3. The Hall–Kier alpha value is -2.89. The van der Waals surface area contributed by atoms with Crippen LogP contribution in [0.15, 0.2) is 42.5 Å². The SMILES string of the molecule is Cc1ccccc1Oc1ccc([N+](=O)[O-])c(CC(=O)O)c1. The normalized spacial score (nSPS) is 10.1. The summed E-state index contributed by atoms with van der Waals surface area (Å²) in [5, 5.41) is 19.7. The van der Waals surface area contributed by atoms with Crippen molar-refractivity contribution < 1.29 is 19.6 Å². The molecule has 2 rings (SSSR count). The number of benzene rings is 2. The van der Waals surface area contributed by atoms with Crippen LogP contribution >= 0.6 is 0 Å². The fourth-order valence-electron chi connectivity index (χ4n) is 1.91. The van der Waals surface area contributed by atoms with Crippen LogP contribution < -0.4 is 4.74 Å². The molecule has 2 aromatic rings. The van der Waals surface area contributed by atoms with E-state index in [1.807, 2.05) is 25.1 Å². The van der Waals surface area contributed by atoms with Crippen LogP contribution in [-0.4, -0.2) is 16.0 Å². The Morgan fingerprint density at radius 2 is 2.00 bits per heavy atom. The number of aliphatic carboxylic acids is 1. The highest BCUT2D eigenvalue weighted by molar-refractivity contribution is 5.72. The molecule has 0 aliphatic heterocycles. The number of aryl methyl sites for hydroxylation is 1. The maximum Gasteiger partial charge on any atom is 0.308 e. The molecule has 1 N–H and O–H groups in total. The van der Waals surface area contributed by atoms with E-state index in [2.05, 4.69) is 0 Å². The number of nitro groups is 1. The first-order valence-electron chi connectivity index (χ1n) is 6.20. The van der Waals surface area contributed by atoms with Crippen molar-refractivity contribution in [2.45, 2.75) is 13.3 Å². The van der Waals surface area contributed by atoms with Crippen LogP contribution in [0.4, 0.5) is 5.69 Å². The number of ether oxygens (including phenoxy) is 1. The summed E-state index contributed by atoms with van der Waals surface area (Å²) in [5.74, 6) is -0.148. The second-order valence-corrected chi connectivity index (χ2v) is 4.49. The number of nitro benzene ring substituents is 1. The third-order valence-electron chi connectivity index (χ3n) is 2.91. The topological polar surface area (TPSA) is 89.7 Å². The van der Waals surface area contributed by atoms with Crippen molar-refractivity contribution in [2.75, 3.05) is 0 Å². The summed E-state index contributed by atoms with van der Waals surface area (Å²) in [5.41, 5.74) is 0.795. The monoisotopic (exact) mass is 287 g/mol. The summed E-state index contributed by atoms with van der Waals surface area (Å²) in [6.07, 6.45) is -0.429. The van der Waals surface area contributed by atoms with Crippen molar-refractivity contribution in [1.29, 1.82) is 0 Å². The Morgan fingerprint density at radius 1 is 1.29 bits per heavy atom. The maximum atomic E-state index is 10.9. The van der Waals surface area contributed by atoms with Crippen molar-refractivity contribution in [3.63, 3.8) is 0 Å². The number of nitrogens with zero attached hydrogens (tertiary/aromatic N) is 1. The minimum Gasteiger partial charge on any atom is -0.481 e. The molecule has 0 aromatic heterocycles. The van der Waals surface area contributed by atoms with Gasteiger partial charge in [0.1, 0.15) is 11.5 Å². The smallest absolute Gasteiger partial charge is 0.308 e. The predicted octanol–water partition coefficient (Wildman–Crippen LogP) is 3.32. The molecule has 0 aliphatic carbocycles. The highest BCUT2D eigenvalue weighted by atomic mass is 16.6. The molecule has 6 nitrogen and oxygen atoms in total. The van der Waals surface area contributed by atoms with Gasteiger partial charge in [-0.2, -0.15) is 0 Å². The molecule has 0 unspecified atom stereocenters. The number of carboxylic acids is 1. The summed E-state index contributed by atoms with van der Waals surface area (Å²) >= 11 is 0. The fourth-order valence-corrected chi connectivity index (χ4v) is 1.91. The summed E-state index contributed by atoms with van der Waals surface area (Å²) in [6.45, 7) is 1.87. The van der Waals surface area contributed by atoms with Crippen molar-refractivity contribution in [3.05, 3.63) is 63.7 Å². The van der Waals surface area contributed by atoms with Crippen molar-refractivity contribution in [2.24, 2.45) is 0 Å². The number of carbonyl (C=O) groups is 1. The molecule has 0 aliphatic rings. The van der Waals surface area contributed by atoms with Gasteiger partial charge in [0.05, 0.1) is 11.3 Å². The third-order valence-corrected chi connectivity index (χ3v) is 2.91. The molecule has 0 amide bonds. The van der Waals surface area contributed by atoms with Gasteiger partial charge < -0.3 is 9.84 Å². The van der Waals surface area contributed by atoms with E-state index in [1.165, 1.54) is 18.2 Å². The van der Waals surface area contributed by atoms with Crippen molar-refractivity contribution >= 4 is 11.7 Å². The van der Waals surface area contributed by atoms with Gasteiger partial charge in [0.15, 0.2) is 0 Å². The lowest BCUT2D eigenvalue weighted by Crippen LogP contribution is -2.04. The van der Waals surface area contributed by atoms with Crippen LogP contribution in [-0.2, 0) is 11.2 Å². The van der Waals surface area contributed by atoms with Gasteiger partial charge in [-0.3, -0.25) is 14.9 Å². The van der Waals surface area contributed by atoms with Gasteiger partial charge in [-0.25, -0.2) is 0 Å². The molecule has 0 saturated heterocycles. The quantitative estimate of drug-likeness (QED) is 0.673. The summed E-state index contributed by atoms with van der Waals surface area (Å²) < 4.78 is 5.65. The Kier molecular flexibility index (Phi) is 4.18. The average molecular weight is 287 g/mol. The van der Waals surface area contributed by atoms with Crippen LogP contribution in [0.2, 0.25) is 0 Å². The van der Waals surface area contributed by atoms with Crippen LogP contribution in [0.1, 0.15) is 11.1 Å². The van der Waals surface area contributed by atoms with E-state index in [1.54, 1.807) is 6.07 Å². The molecule has 6 heteroatoms. The maximum absolute atomic E-state index is 10.9. The second kappa shape index (κ2) is 6.04. The number of hydrogen-bond donors (Lipinski definition) is 1. The molecule has 2 aromatic carbocycles. The molecule has 0 bridgehead atoms. The Labute approximate surface area is 120 Å². The van der Waals surface area contributed by atoms with Crippen LogP contribution in [0, 0.1) is 17.0 Å². The van der Waals surface area contributed by atoms with E-state index in [4.69, 9.17) is 9.84 Å². The lowest BCUT2D eigenvalue weighted by atomic mass is 10.1. The van der Waals surface area contributed by atoms with E-state index in [0.717, 1.165) is 5.56 Å². The van der Waals surface area contributed by atoms with Crippen LogP contribution in [0.3, 0.4) is 0 Å². The van der Waals surface area contributed by atoms with Crippen LogP contribution in [0.25, 0.3) is 0 Å². The molecule has 0 heterocycles. The molecule has 0 atom stereocenters. The predicted molar refractivity (Wildman–Crippen MR) is 75.7 cm³/mol. The third kappa shape index (κ3) is 3.56. The molecule has 0 fully saturated rings. The Balaban J connectivity index is 2.35. The van der Waals surface area contributed by atoms with E-state index in [0.29, 0.717) is 11.5 Å². The van der Waals surface area contributed by atoms with Gasteiger partial charge in [0.2, 0.25) is 0 Å². The highest BCUT2D eigenvalue weighted by Gasteiger charge is 2.17. The number of hydrogen-bond acceptors (Lipinski definition) is 4. The minimum absolute atomic E-state index is 0.110. The van der Waals surface area contributed by atoms with Gasteiger partial charge in [-0.1, -0.05) is 18.2 Å². The number of carboxylic acid groups (broad SMARTS) is 1. The lowest BCUT2D eigenvalue weighted by Gasteiger charge is -2.09. The zero-order chi connectivity index (χ0) is 15.4. The second-order valence-electron chi connectivity index (χ2n) is 4.49. The minimum atomic E-state index is -1.13. The number of para-hydroxylation sites is 1. The summed E-state index contributed by atoms with van der Waals surface area (Å²) in [6, 6.07) is 11.4. The first kappa shape index (κ1) is 14.5. The fraction of sp³-hybridized carbons (Fsp3) is 0.133. The standard InChI is InChI=1S/C15H13NO5/c1-10-4-2-3-5-14(10)21-12-6-7-13(16(19)20)11(8-12)9-15(17)18/h2-8H,9H2,1H3,(H,17,18). The molecule has 0 spiro atoms. The molecular formula is C15H13NO5. The largest absolute Gasteiger partial charge is 0.481 e. The lowest BCUT2D eigenvalue weighted by molar-refractivity contribution is -0.385. The first-order valence-corrected chi connectivity index (χ1v) is 6.20. The van der Waals surface area contributed by atoms with Gasteiger partial charge in [0.25, 0.3) is 5.69 Å². The molecule has 108 valence electrons. The van der Waals surface area contributed by atoms with Gasteiger partial charge in [-0.05, 0) is 30.7 Å². The van der Waals surface area contributed by atoms with Gasteiger partial charge >= 0.3 is 5.97 Å². The molecule has 0 radical (unpaired) electrons. The zero-order valence-electron chi connectivity index (χ0n) is 11.3. The van der Waals surface area contributed by atoms with E-state index in [9.17, 15) is 14.9 Å². The molecule has 0 saturated carbocycles. The van der Waals surface area contributed by atoms with Crippen molar-refractivity contribution in [1.82, 2.24) is 0 Å². The molecular weight excluding hydrogens is 274 g/mol. The Morgan fingerprint density at radius 3 is 2.62 bits per heavy atom. The summed E-state index contributed by atoms with van der Waals surface area (Å²) in [4.78, 5) is 21.1. The van der Waals surface area contributed by atoms with E-state index in [-0.39, 0.29) is 11.3 Å². The van der Waals surface area contributed by atoms with E-state index >= 15 is 0 Å². The first-order chi connectivity index (χ1) is 9.97. The summed E-state index contributed by atoms with van der Waals surface area (Å²) in [7, 11) is 0. The van der Waals surface area contributed by atoms with Crippen LogP contribution in [0.5, 0.6) is 11.5 Å². The van der Waals surface area contributed by atoms with Gasteiger partial charge in [0, 0.05) is 11.6 Å².